The summed E-state index contributed by atoms with van der Waals surface area (Å²) in [4.78, 5) is 32.4. The molecular formula is C21H20N4O2. The van der Waals surface area contributed by atoms with Crippen LogP contribution in [0.25, 0.3) is 0 Å². The number of aromatic nitrogens is 2. The number of nitrogens with one attached hydrogen (secondary N) is 2. The Balaban J connectivity index is 1.78. The van der Waals surface area contributed by atoms with Crippen LogP contribution in [0.3, 0.4) is 0 Å². The second-order valence-corrected chi connectivity index (χ2v) is 6.26. The molecule has 1 amide bonds. The van der Waals surface area contributed by atoms with Crippen molar-refractivity contribution < 1.29 is 9.59 Å². The van der Waals surface area contributed by atoms with Crippen molar-refractivity contribution in [2.75, 3.05) is 10.6 Å². The second-order valence-electron chi connectivity index (χ2n) is 6.26. The Morgan fingerprint density at radius 2 is 1.48 bits per heavy atom. The SMILES string of the molecule is CC(=O)c1ccc(Nc2cc(C(=O)Nc3ccc(C)cc3)nc(C)n2)cc1. The Labute approximate surface area is 157 Å². The molecule has 0 aliphatic heterocycles. The van der Waals surface area contributed by atoms with E-state index in [0.29, 0.717) is 22.9 Å². The number of nitrogens with zero attached hydrogens (tertiary/aromatic N) is 2. The lowest BCUT2D eigenvalue weighted by atomic mass is 10.1. The molecule has 3 aromatic rings. The van der Waals surface area contributed by atoms with Gasteiger partial charge in [-0.05, 0) is 57.2 Å². The van der Waals surface area contributed by atoms with E-state index < -0.39 is 0 Å². The molecule has 0 aliphatic carbocycles. The molecule has 0 unspecified atom stereocenters. The summed E-state index contributed by atoms with van der Waals surface area (Å²) in [6, 6.07) is 16.2. The first kappa shape index (κ1) is 18.3. The Kier molecular flexibility index (Phi) is 5.26. The van der Waals surface area contributed by atoms with E-state index in [9.17, 15) is 9.59 Å². The maximum atomic E-state index is 12.5. The fourth-order valence-corrected chi connectivity index (χ4v) is 2.52. The molecule has 0 saturated carbocycles. The van der Waals surface area contributed by atoms with Crippen LogP contribution in [0.1, 0.15) is 39.2 Å². The van der Waals surface area contributed by atoms with Crippen molar-refractivity contribution in [3.05, 3.63) is 77.2 Å². The van der Waals surface area contributed by atoms with Gasteiger partial charge in [-0.1, -0.05) is 17.7 Å². The molecule has 1 aromatic heterocycles. The highest BCUT2D eigenvalue weighted by atomic mass is 16.2. The van der Waals surface area contributed by atoms with E-state index in [1.165, 1.54) is 6.92 Å². The molecule has 2 N–H and O–H groups in total. The van der Waals surface area contributed by atoms with Gasteiger partial charge in [0.2, 0.25) is 0 Å². The minimum atomic E-state index is -0.306. The van der Waals surface area contributed by atoms with E-state index in [0.717, 1.165) is 11.3 Å². The number of amides is 1. The first-order chi connectivity index (χ1) is 12.9. The number of benzene rings is 2. The maximum Gasteiger partial charge on any atom is 0.274 e. The summed E-state index contributed by atoms with van der Waals surface area (Å²) < 4.78 is 0. The molecule has 27 heavy (non-hydrogen) atoms. The smallest absolute Gasteiger partial charge is 0.274 e. The van der Waals surface area contributed by atoms with Crippen molar-refractivity contribution in [3.63, 3.8) is 0 Å². The monoisotopic (exact) mass is 360 g/mol. The van der Waals surface area contributed by atoms with E-state index in [1.54, 1.807) is 37.3 Å². The third-order valence-corrected chi connectivity index (χ3v) is 3.94. The molecule has 0 spiro atoms. The van der Waals surface area contributed by atoms with Crippen molar-refractivity contribution in [2.45, 2.75) is 20.8 Å². The quantitative estimate of drug-likeness (QED) is 0.663. The molecule has 0 bridgehead atoms. The zero-order valence-corrected chi connectivity index (χ0v) is 15.4. The van der Waals surface area contributed by atoms with Crippen LogP contribution in [0.5, 0.6) is 0 Å². The predicted octanol–water partition coefficient (Wildman–Crippen LogP) is 4.29. The summed E-state index contributed by atoms with van der Waals surface area (Å²) in [7, 11) is 0. The third-order valence-electron chi connectivity index (χ3n) is 3.94. The van der Waals surface area contributed by atoms with Gasteiger partial charge in [-0.25, -0.2) is 9.97 Å². The molecule has 0 aliphatic rings. The van der Waals surface area contributed by atoms with Gasteiger partial charge in [-0.3, -0.25) is 9.59 Å². The van der Waals surface area contributed by atoms with Crippen molar-refractivity contribution in [3.8, 4) is 0 Å². The van der Waals surface area contributed by atoms with Crippen LogP contribution in [0.15, 0.2) is 54.6 Å². The number of aryl methyl sites for hydroxylation is 2. The molecule has 136 valence electrons. The van der Waals surface area contributed by atoms with Crippen LogP contribution >= 0.6 is 0 Å². The largest absolute Gasteiger partial charge is 0.340 e. The molecule has 0 fully saturated rings. The minimum absolute atomic E-state index is 0.00879. The molecule has 0 atom stereocenters. The Hall–Kier alpha value is -3.54. The summed E-state index contributed by atoms with van der Waals surface area (Å²) in [5.74, 6) is 0.690. The Morgan fingerprint density at radius 1 is 0.852 bits per heavy atom. The van der Waals surface area contributed by atoms with Crippen LogP contribution in [0.4, 0.5) is 17.2 Å². The summed E-state index contributed by atoms with van der Waals surface area (Å²) in [6.07, 6.45) is 0. The normalized spacial score (nSPS) is 10.3. The van der Waals surface area contributed by atoms with E-state index in [4.69, 9.17) is 0 Å². The molecule has 1 heterocycles. The van der Waals surface area contributed by atoms with Gasteiger partial charge in [0.25, 0.3) is 5.91 Å². The van der Waals surface area contributed by atoms with Crippen LogP contribution in [-0.4, -0.2) is 21.7 Å². The predicted molar refractivity (Wildman–Crippen MR) is 106 cm³/mol. The van der Waals surface area contributed by atoms with Crippen molar-refractivity contribution >= 4 is 28.9 Å². The van der Waals surface area contributed by atoms with E-state index in [1.807, 2.05) is 31.2 Å². The summed E-state index contributed by atoms with van der Waals surface area (Å²) in [5.41, 5.74) is 3.50. The van der Waals surface area contributed by atoms with Crippen molar-refractivity contribution in [1.29, 1.82) is 0 Å². The van der Waals surface area contributed by atoms with Crippen LogP contribution in [0.2, 0.25) is 0 Å². The van der Waals surface area contributed by atoms with Crippen molar-refractivity contribution in [1.82, 2.24) is 9.97 Å². The maximum absolute atomic E-state index is 12.5. The average Bonchev–Trinajstić information content (AvgIpc) is 2.63. The average molecular weight is 360 g/mol. The summed E-state index contributed by atoms with van der Waals surface area (Å²) >= 11 is 0. The third kappa shape index (κ3) is 4.76. The highest BCUT2D eigenvalue weighted by Gasteiger charge is 2.11. The number of rotatable bonds is 5. The van der Waals surface area contributed by atoms with Crippen LogP contribution in [0, 0.1) is 13.8 Å². The van der Waals surface area contributed by atoms with Crippen LogP contribution < -0.4 is 10.6 Å². The zero-order valence-electron chi connectivity index (χ0n) is 15.4. The first-order valence-corrected chi connectivity index (χ1v) is 8.52. The van der Waals surface area contributed by atoms with E-state index in [2.05, 4.69) is 20.6 Å². The highest BCUT2D eigenvalue weighted by molar-refractivity contribution is 6.03. The standard InChI is InChI=1S/C21H20N4O2/c1-13-4-8-18(9-5-13)25-21(27)19-12-20(23-15(3)22-19)24-17-10-6-16(7-11-17)14(2)26/h4-12H,1-3H3,(H,25,27)(H,22,23,24). The fraction of sp³-hybridized carbons (Fsp3) is 0.143. The summed E-state index contributed by atoms with van der Waals surface area (Å²) in [5, 5.41) is 5.96. The number of ketones is 1. The number of Topliss-reactive ketones (excluding diaryl/α,β-unsaturated/α-hetero) is 1. The van der Waals surface area contributed by atoms with Crippen LogP contribution in [-0.2, 0) is 0 Å². The van der Waals surface area contributed by atoms with Crippen molar-refractivity contribution in [2.24, 2.45) is 0 Å². The highest BCUT2D eigenvalue weighted by Crippen LogP contribution is 2.17. The van der Waals surface area contributed by atoms with Gasteiger partial charge in [-0.15, -0.1) is 0 Å². The molecule has 0 saturated heterocycles. The molecule has 6 heteroatoms. The zero-order chi connectivity index (χ0) is 19.4. The Bertz CT molecular complexity index is 980. The molecule has 3 rings (SSSR count). The van der Waals surface area contributed by atoms with E-state index in [-0.39, 0.29) is 17.4 Å². The molecule has 0 radical (unpaired) electrons. The second kappa shape index (κ2) is 7.78. The number of anilines is 3. The molecule has 2 aromatic carbocycles. The molecular weight excluding hydrogens is 340 g/mol. The van der Waals surface area contributed by atoms with E-state index >= 15 is 0 Å². The Morgan fingerprint density at radius 3 is 2.11 bits per heavy atom. The molecule has 6 nitrogen and oxygen atoms in total. The van der Waals surface area contributed by atoms with Gasteiger partial charge in [0.1, 0.15) is 17.3 Å². The number of hydrogen-bond acceptors (Lipinski definition) is 5. The number of carbonyl (C=O) groups excluding carboxylic acids is 2. The number of carbonyl (C=O) groups is 2. The minimum Gasteiger partial charge on any atom is -0.340 e. The van der Waals surface area contributed by atoms with Gasteiger partial charge in [0, 0.05) is 23.0 Å². The first-order valence-electron chi connectivity index (χ1n) is 8.52. The summed E-state index contributed by atoms with van der Waals surface area (Å²) in [6.45, 7) is 5.24. The lowest BCUT2D eigenvalue weighted by molar-refractivity contribution is 0.101. The lowest BCUT2D eigenvalue weighted by Crippen LogP contribution is -2.15. The van der Waals surface area contributed by atoms with Gasteiger partial charge in [-0.2, -0.15) is 0 Å². The lowest BCUT2D eigenvalue weighted by Gasteiger charge is -2.10. The van der Waals surface area contributed by atoms with Gasteiger partial charge < -0.3 is 10.6 Å². The van der Waals surface area contributed by atoms with Gasteiger partial charge >= 0.3 is 0 Å². The topological polar surface area (TPSA) is 84.0 Å². The fourth-order valence-electron chi connectivity index (χ4n) is 2.52. The van der Waals surface area contributed by atoms with Gasteiger partial charge in [0.15, 0.2) is 5.78 Å². The van der Waals surface area contributed by atoms with Gasteiger partial charge in [0.05, 0.1) is 0 Å². The number of hydrogen-bond donors (Lipinski definition) is 2.